The van der Waals surface area contributed by atoms with Crippen LogP contribution in [0.3, 0.4) is 0 Å². The molecule has 1 saturated heterocycles. The van der Waals surface area contributed by atoms with Gasteiger partial charge in [-0.3, -0.25) is 5.10 Å². The molecule has 2 N–H and O–H groups in total. The predicted molar refractivity (Wildman–Crippen MR) is 66.6 cm³/mol. The number of rotatable bonds is 2. The third-order valence-corrected chi connectivity index (χ3v) is 4.35. The second kappa shape index (κ2) is 4.77. The van der Waals surface area contributed by atoms with Crippen LogP contribution in [0, 0.1) is 5.92 Å². The lowest BCUT2D eigenvalue weighted by Crippen LogP contribution is -2.45. The van der Waals surface area contributed by atoms with E-state index in [0.29, 0.717) is 12.1 Å². The summed E-state index contributed by atoms with van der Waals surface area (Å²) in [6, 6.07) is 1.09. The Morgan fingerprint density at radius 2 is 2.06 bits per heavy atom. The van der Waals surface area contributed by atoms with Crippen molar-refractivity contribution in [3.05, 3.63) is 11.6 Å². The Kier molecular flexibility index (Phi) is 3.14. The Morgan fingerprint density at radius 3 is 2.88 bits per heavy atom. The predicted octanol–water partition coefficient (Wildman–Crippen LogP) is 2.35. The van der Waals surface area contributed by atoms with Crippen LogP contribution in [-0.4, -0.2) is 21.2 Å². The summed E-state index contributed by atoms with van der Waals surface area (Å²) >= 11 is 0. The monoisotopic (exact) mass is 234 g/mol. The highest BCUT2D eigenvalue weighted by atomic mass is 15.2. The SMILES string of the molecule is CCc1nc(C2CCC3CCCCC3N2)n[nH]1. The molecule has 2 heterocycles. The summed E-state index contributed by atoms with van der Waals surface area (Å²) in [6.45, 7) is 2.11. The molecule has 4 heteroatoms. The van der Waals surface area contributed by atoms with Crippen molar-refractivity contribution in [2.45, 2.75) is 64.0 Å². The number of fused-ring (bicyclic) bond motifs is 1. The minimum absolute atomic E-state index is 0.380. The third-order valence-electron chi connectivity index (χ3n) is 4.35. The summed E-state index contributed by atoms with van der Waals surface area (Å²) in [5.41, 5.74) is 0. The largest absolute Gasteiger partial charge is 0.304 e. The molecule has 1 aliphatic heterocycles. The van der Waals surface area contributed by atoms with Gasteiger partial charge in [0.15, 0.2) is 5.82 Å². The van der Waals surface area contributed by atoms with Gasteiger partial charge in [0.25, 0.3) is 0 Å². The fourth-order valence-electron chi connectivity index (χ4n) is 3.32. The first-order chi connectivity index (χ1) is 8.36. The molecule has 94 valence electrons. The van der Waals surface area contributed by atoms with Crippen molar-refractivity contribution >= 4 is 0 Å². The van der Waals surface area contributed by atoms with Crippen molar-refractivity contribution < 1.29 is 0 Å². The molecule has 2 aliphatic rings. The van der Waals surface area contributed by atoms with Crippen molar-refractivity contribution in [3.63, 3.8) is 0 Å². The first-order valence-corrected chi connectivity index (χ1v) is 7.04. The molecular formula is C13H22N4. The van der Waals surface area contributed by atoms with E-state index in [9.17, 15) is 0 Å². The molecular weight excluding hydrogens is 212 g/mol. The number of hydrogen-bond donors (Lipinski definition) is 2. The molecule has 3 atom stereocenters. The van der Waals surface area contributed by atoms with Gasteiger partial charge in [-0.05, 0) is 31.6 Å². The first kappa shape index (κ1) is 11.2. The van der Waals surface area contributed by atoms with E-state index in [1.165, 1.54) is 38.5 Å². The average Bonchev–Trinajstić information content (AvgIpc) is 2.87. The lowest BCUT2D eigenvalue weighted by atomic mass is 9.77. The van der Waals surface area contributed by atoms with Gasteiger partial charge in [-0.15, -0.1) is 0 Å². The highest BCUT2D eigenvalue weighted by Gasteiger charge is 2.33. The van der Waals surface area contributed by atoms with E-state index in [1.807, 2.05) is 0 Å². The fraction of sp³-hybridized carbons (Fsp3) is 0.846. The van der Waals surface area contributed by atoms with Crippen molar-refractivity contribution in [2.75, 3.05) is 0 Å². The van der Waals surface area contributed by atoms with Crippen LogP contribution in [-0.2, 0) is 6.42 Å². The highest BCUT2D eigenvalue weighted by Crippen LogP contribution is 2.35. The summed E-state index contributed by atoms with van der Waals surface area (Å²) in [5.74, 6) is 2.89. The van der Waals surface area contributed by atoms with Gasteiger partial charge < -0.3 is 5.32 Å². The first-order valence-electron chi connectivity index (χ1n) is 7.04. The van der Waals surface area contributed by atoms with E-state index >= 15 is 0 Å². The Labute approximate surface area is 103 Å². The lowest BCUT2D eigenvalue weighted by molar-refractivity contribution is 0.173. The number of piperidine rings is 1. The molecule has 0 amide bonds. The average molecular weight is 234 g/mol. The minimum Gasteiger partial charge on any atom is -0.304 e. The fourth-order valence-corrected chi connectivity index (χ4v) is 3.32. The second-order valence-electron chi connectivity index (χ2n) is 5.44. The maximum Gasteiger partial charge on any atom is 0.167 e. The van der Waals surface area contributed by atoms with Crippen molar-refractivity contribution in [3.8, 4) is 0 Å². The van der Waals surface area contributed by atoms with Gasteiger partial charge in [0.1, 0.15) is 5.82 Å². The topological polar surface area (TPSA) is 53.6 Å². The van der Waals surface area contributed by atoms with Gasteiger partial charge in [-0.1, -0.05) is 19.8 Å². The molecule has 1 saturated carbocycles. The number of nitrogens with zero attached hydrogens (tertiary/aromatic N) is 2. The van der Waals surface area contributed by atoms with E-state index in [2.05, 4.69) is 27.4 Å². The summed E-state index contributed by atoms with van der Waals surface area (Å²) in [5, 5.41) is 11.1. The zero-order valence-corrected chi connectivity index (χ0v) is 10.6. The standard InChI is InChI=1S/C13H22N4/c1-2-12-15-13(17-16-12)11-8-7-9-5-3-4-6-10(9)14-11/h9-11,14H,2-8H2,1H3,(H,15,16,17). The van der Waals surface area contributed by atoms with Crippen LogP contribution in [0.4, 0.5) is 0 Å². The van der Waals surface area contributed by atoms with Crippen LogP contribution in [0.25, 0.3) is 0 Å². The quantitative estimate of drug-likeness (QED) is 0.826. The van der Waals surface area contributed by atoms with E-state index < -0.39 is 0 Å². The number of H-pyrrole nitrogens is 1. The molecule has 3 rings (SSSR count). The number of aromatic amines is 1. The van der Waals surface area contributed by atoms with Crippen LogP contribution in [0.15, 0.2) is 0 Å². The molecule has 0 radical (unpaired) electrons. The number of aryl methyl sites for hydroxylation is 1. The van der Waals surface area contributed by atoms with Crippen molar-refractivity contribution in [1.82, 2.24) is 20.5 Å². The molecule has 1 aromatic heterocycles. The maximum absolute atomic E-state index is 4.56. The molecule has 1 aliphatic carbocycles. The zero-order chi connectivity index (χ0) is 11.7. The Morgan fingerprint density at radius 1 is 1.18 bits per heavy atom. The van der Waals surface area contributed by atoms with E-state index in [0.717, 1.165) is 24.0 Å². The molecule has 17 heavy (non-hydrogen) atoms. The summed E-state index contributed by atoms with van der Waals surface area (Å²) < 4.78 is 0. The van der Waals surface area contributed by atoms with Gasteiger partial charge >= 0.3 is 0 Å². The third kappa shape index (κ3) is 2.23. The van der Waals surface area contributed by atoms with Crippen LogP contribution in [0.2, 0.25) is 0 Å². The normalized spacial score (nSPS) is 33.4. The lowest BCUT2D eigenvalue weighted by Gasteiger charge is -2.39. The van der Waals surface area contributed by atoms with Gasteiger partial charge in [0.05, 0.1) is 6.04 Å². The molecule has 0 spiro atoms. The second-order valence-corrected chi connectivity index (χ2v) is 5.44. The van der Waals surface area contributed by atoms with Gasteiger partial charge in [-0.25, -0.2) is 4.98 Å². The van der Waals surface area contributed by atoms with Gasteiger partial charge in [0, 0.05) is 12.5 Å². The van der Waals surface area contributed by atoms with Crippen LogP contribution >= 0.6 is 0 Å². The van der Waals surface area contributed by atoms with Crippen LogP contribution in [0.1, 0.15) is 63.1 Å². The van der Waals surface area contributed by atoms with Crippen LogP contribution in [0.5, 0.6) is 0 Å². The zero-order valence-electron chi connectivity index (χ0n) is 10.6. The molecule has 4 nitrogen and oxygen atoms in total. The molecule has 1 aromatic rings. The molecule has 0 aromatic carbocycles. The summed E-state index contributed by atoms with van der Waals surface area (Å²) in [6.07, 6.45) is 9.04. The van der Waals surface area contributed by atoms with Gasteiger partial charge in [-0.2, -0.15) is 5.10 Å². The number of aromatic nitrogens is 3. The molecule has 2 fully saturated rings. The Hall–Kier alpha value is -0.900. The van der Waals surface area contributed by atoms with Crippen molar-refractivity contribution in [2.24, 2.45) is 5.92 Å². The number of nitrogens with one attached hydrogen (secondary N) is 2. The number of hydrogen-bond acceptors (Lipinski definition) is 3. The van der Waals surface area contributed by atoms with E-state index in [4.69, 9.17) is 0 Å². The van der Waals surface area contributed by atoms with E-state index in [1.54, 1.807) is 0 Å². The smallest absolute Gasteiger partial charge is 0.167 e. The van der Waals surface area contributed by atoms with E-state index in [-0.39, 0.29) is 0 Å². The molecule has 3 unspecified atom stereocenters. The Bertz CT molecular complexity index is 373. The molecule has 0 bridgehead atoms. The minimum atomic E-state index is 0.380. The maximum atomic E-state index is 4.56. The van der Waals surface area contributed by atoms with Crippen molar-refractivity contribution in [1.29, 1.82) is 0 Å². The summed E-state index contributed by atoms with van der Waals surface area (Å²) in [7, 11) is 0. The van der Waals surface area contributed by atoms with Crippen LogP contribution < -0.4 is 5.32 Å². The Balaban J connectivity index is 1.68. The summed E-state index contributed by atoms with van der Waals surface area (Å²) in [4.78, 5) is 4.56. The highest BCUT2D eigenvalue weighted by molar-refractivity contribution is 5.01. The van der Waals surface area contributed by atoms with Gasteiger partial charge in [0.2, 0.25) is 0 Å².